The smallest absolute Gasteiger partial charge is 0.335 e. The molecule has 1 aliphatic rings. The molecule has 0 saturated heterocycles. The molecule has 0 radical (unpaired) electrons. The summed E-state index contributed by atoms with van der Waals surface area (Å²) < 4.78 is 0. The molecule has 2 N–H and O–H groups in total. The zero-order valence-corrected chi connectivity index (χ0v) is 22.0. The quantitative estimate of drug-likeness (QED) is 0.228. The maximum Gasteiger partial charge on any atom is 0.335 e. The molecule has 0 saturated carbocycles. The van der Waals surface area contributed by atoms with Crippen LogP contribution in [0.3, 0.4) is 0 Å². The van der Waals surface area contributed by atoms with Crippen molar-refractivity contribution in [1.82, 2.24) is 5.32 Å². The van der Waals surface area contributed by atoms with Crippen molar-refractivity contribution in [3.63, 3.8) is 0 Å². The van der Waals surface area contributed by atoms with Gasteiger partial charge in [-0.25, -0.2) is 4.79 Å². The van der Waals surface area contributed by atoms with Crippen molar-refractivity contribution in [3.05, 3.63) is 142 Å². The average Bonchev–Trinajstić information content (AvgIpc) is 2.96. The van der Waals surface area contributed by atoms with Crippen molar-refractivity contribution in [2.75, 3.05) is 6.54 Å². The van der Waals surface area contributed by atoms with Crippen LogP contribution in [0.4, 0.5) is 0 Å². The summed E-state index contributed by atoms with van der Waals surface area (Å²) in [5.74, 6) is -0.849. The van der Waals surface area contributed by atoms with Crippen LogP contribution < -0.4 is 5.32 Å². The first kappa shape index (κ1) is 25.9. The second-order valence-electron chi connectivity index (χ2n) is 10.4. The summed E-state index contributed by atoms with van der Waals surface area (Å²) in [5.41, 5.74) is 9.85. The Morgan fingerprint density at radius 3 is 2.00 bits per heavy atom. The fourth-order valence-corrected chi connectivity index (χ4v) is 5.67. The van der Waals surface area contributed by atoms with E-state index in [4.69, 9.17) is 0 Å². The monoisotopic (exact) mass is 503 g/mol. The second kappa shape index (κ2) is 12.7. The summed E-state index contributed by atoms with van der Waals surface area (Å²) in [6, 6.07) is 34.6. The van der Waals surface area contributed by atoms with Crippen molar-refractivity contribution in [1.29, 1.82) is 0 Å². The molecule has 0 aromatic heterocycles. The average molecular weight is 504 g/mol. The summed E-state index contributed by atoms with van der Waals surface area (Å²) in [5, 5.41) is 13.1. The lowest BCUT2D eigenvalue weighted by atomic mass is 9.86. The molecule has 3 nitrogen and oxygen atoms in total. The molecule has 0 amide bonds. The lowest BCUT2D eigenvalue weighted by Crippen LogP contribution is -2.27. The first-order valence-electron chi connectivity index (χ1n) is 13.9. The van der Waals surface area contributed by atoms with Gasteiger partial charge in [-0.15, -0.1) is 0 Å². The topological polar surface area (TPSA) is 49.3 Å². The van der Waals surface area contributed by atoms with Gasteiger partial charge in [-0.2, -0.15) is 0 Å². The summed E-state index contributed by atoms with van der Waals surface area (Å²) in [4.78, 5) is 11.3. The molecule has 4 aromatic carbocycles. The van der Waals surface area contributed by atoms with E-state index in [0.717, 1.165) is 57.9 Å². The summed E-state index contributed by atoms with van der Waals surface area (Å²) in [6.45, 7) is 0.915. The van der Waals surface area contributed by atoms with E-state index >= 15 is 0 Å². The Labute approximate surface area is 226 Å². The van der Waals surface area contributed by atoms with Crippen molar-refractivity contribution in [2.24, 2.45) is 0 Å². The lowest BCUT2D eigenvalue weighted by Gasteiger charge is -2.27. The minimum absolute atomic E-state index is 0.300. The van der Waals surface area contributed by atoms with Crippen molar-refractivity contribution >= 4 is 5.97 Å². The van der Waals surface area contributed by atoms with Crippen LogP contribution in [-0.2, 0) is 38.5 Å². The molecule has 5 rings (SSSR count). The van der Waals surface area contributed by atoms with E-state index in [1.165, 1.54) is 38.9 Å². The van der Waals surface area contributed by atoms with Gasteiger partial charge in [0.25, 0.3) is 0 Å². The fraction of sp³-hybridized carbons (Fsp3) is 0.286. The first-order valence-corrected chi connectivity index (χ1v) is 13.9. The summed E-state index contributed by atoms with van der Waals surface area (Å²) in [6.07, 6.45) is 8.40. The van der Waals surface area contributed by atoms with Gasteiger partial charge in [-0.3, -0.25) is 0 Å². The Hall–Kier alpha value is -3.69. The van der Waals surface area contributed by atoms with Gasteiger partial charge in [0, 0.05) is 6.04 Å². The van der Waals surface area contributed by atoms with Crippen molar-refractivity contribution in [3.8, 4) is 0 Å². The number of benzene rings is 4. The number of carboxylic acid groups (broad SMARTS) is 1. The zero-order chi connectivity index (χ0) is 26.2. The number of carbonyl (C=O) groups is 1. The third-order valence-corrected chi connectivity index (χ3v) is 7.86. The molecular formula is C35H37NO2. The minimum atomic E-state index is -0.849. The standard InChI is InChI=1S/C35H37NO2/c37-35(38)32-21-22-33-31(25-32)11-6-12-34(33)36-24-23-30-10-5-4-9-29(30)20-19-28-17-15-27(16-18-28)14-13-26-7-2-1-3-8-26/h1-5,7-10,15-18,21-22,25,34,36H,6,11-14,19-20,23-24H2,(H,37,38). The van der Waals surface area contributed by atoms with E-state index < -0.39 is 5.97 Å². The maximum absolute atomic E-state index is 11.3. The molecule has 0 bridgehead atoms. The van der Waals surface area contributed by atoms with Crippen LogP contribution in [-0.4, -0.2) is 17.6 Å². The highest BCUT2D eigenvalue weighted by molar-refractivity contribution is 5.88. The first-order chi connectivity index (χ1) is 18.7. The molecule has 0 heterocycles. The van der Waals surface area contributed by atoms with Crippen LogP contribution in [0.5, 0.6) is 0 Å². The number of aromatic carboxylic acids is 1. The van der Waals surface area contributed by atoms with Crippen LogP contribution >= 0.6 is 0 Å². The van der Waals surface area contributed by atoms with Gasteiger partial charge in [0.2, 0.25) is 0 Å². The van der Waals surface area contributed by atoms with Crippen molar-refractivity contribution < 1.29 is 9.90 Å². The molecular weight excluding hydrogens is 466 g/mol. The van der Waals surface area contributed by atoms with E-state index in [2.05, 4.69) is 84.2 Å². The number of fused-ring (bicyclic) bond motifs is 1. The van der Waals surface area contributed by atoms with Crippen LogP contribution in [0.2, 0.25) is 0 Å². The zero-order valence-electron chi connectivity index (χ0n) is 22.0. The SMILES string of the molecule is O=C(O)c1ccc2c(c1)CCCC2NCCc1ccccc1CCc1ccc(CCc2ccccc2)cc1. The Kier molecular flexibility index (Phi) is 8.67. The van der Waals surface area contributed by atoms with Crippen LogP contribution in [0, 0.1) is 0 Å². The van der Waals surface area contributed by atoms with E-state index in [1.807, 2.05) is 12.1 Å². The highest BCUT2D eigenvalue weighted by Crippen LogP contribution is 2.30. The predicted octanol–water partition coefficient (Wildman–Crippen LogP) is 7.16. The summed E-state index contributed by atoms with van der Waals surface area (Å²) in [7, 11) is 0. The highest BCUT2D eigenvalue weighted by atomic mass is 16.4. The van der Waals surface area contributed by atoms with Gasteiger partial charge in [-0.05, 0) is 109 Å². The number of rotatable bonds is 11. The minimum Gasteiger partial charge on any atom is -0.478 e. The summed E-state index contributed by atoms with van der Waals surface area (Å²) >= 11 is 0. The second-order valence-corrected chi connectivity index (χ2v) is 10.4. The van der Waals surface area contributed by atoms with Crippen LogP contribution in [0.1, 0.15) is 68.2 Å². The third kappa shape index (κ3) is 6.79. The Bertz CT molecular complexity index is 1340. The van der Waals surface area contributed by atoms with Gasteiger partial charge in [0.05, 0.1) is 5.56 Å². The largest absolute Gasteiger partial charge is 0.478 e. The molecule has 1 atom stereocenters. The number of hydrogen-bond donors (Lipinski definition) is 2. The van der Waals surface area contributed by atoms with Gasteiger partial charge < -0.3 is 10.4 Å². The maximum atomic E-state index is 11.3. The number of hydrogen-bond acceptors (Lipinski definition) is 2. The van der Waals surface area contributed by atoms with Gasteiger partial charge in [-0.1, -0.05) is 84.9 Å². The Balaban J connectivity index is 1.13. The van der Waals surface area contributed by atoms with E-state index in [0.29, 0.717) is 11.6 Å². The molecule has 0 aliphatic heterocycles. The Morgan fingerprint density at radius 1 is 0.711 bits per heavy atom. The molecule has 0 fully saturated rings. The fourth-order valence-electron chi connectivity index (χ4n) is 5.67. The van der Waals surface area contributed by atoms with E-state index in [-0.39, 0.29) is 0 Å². The molecule has 1 aliphatic carbocycles. The number of aryl methyl sites for hydroxylation is 5. The van der Waals surface area contributed by atoms with E-state index in [1.54, 1.807) is 6.07 Å². The molecule has 3 heteroatoms. The molecule has 0 spiro atoms. The third-order valence-electron chi connectivity index (χ3n) is 7.86. The van der Waals surface area contributed by atoms with Crippen LogP contribution in [0.15, 0.2) is 97.1 Å². The van der Waals surface area contributed by atoms with Gasteiger partial charge in [0.15, 0.2) is 0 Å². The molecule has 4 aromatic rings. The normalized spacial score (nSPS) is 14.7. The number of nitrogens with one attached hydrogen (secondary N) is 1. The number of carboxylic acids is 1. The predicted molar refractivity (Wildman–Crippen MR) is 155 cm³/mol. The highest BCUT2D eigenvalue weighted by Gasteiger charge is 2.21. The van der Waals surface area contributed by atoms with Crippen molar-refractivity contribution in [2.45, 2.75) is 57.4 Å². The molecule has 194 valence electrons. The molecule has 1 unspecified atom stereocenters. The lowest BCUT2D eigenvalue weighted by molar-refractivity contribution is 0.0696. The molecule has 38 heavy (non-hydrogen) atoms. The van der Waals surface area contributed by atoms with E-state index in [9.17, 15) is 9.90 Å². The Morgan fingerprint density at radius 2 is 1.32 bits per heavy atom. The van der Waals surface area contributed by atoms with Gasteiger partial charge >= 0.3 is 5.97 Å². The van der Waals surface area contributed by atoms with Crippen LogP contribution in [0.25, 0.3) is 0 Å². The van der Waals surface area contributed by atoms with Gasteiger partial charge in [0.1, 0.15) is 0 Å².